The molecule has 0 radical (unpaired) electrons. The number of hydrogen-bond donors (Lipinski definition) is 2. The van der Waals surface area contributed by atoms with Crippen molar-refractivity contribution in [2.45, 2.75) is 32.1 Å². The van der Waals surface area contributed by atoms with Crippen LogP contribution in [0.1, 0.15) is 32.1 Å². The first-order valence-electron chi connectivity index (χ1n) is 6.27. The average Bonchev–Trinajstić information content (AvgIpc) is 2.25. The van der Waals surface area contributed by atoms with Crippen LogP contribution in [0.25, 0.3) is 0 Å². The van der Waals surface area contributed by atoms with Gasteiger partial charge in [0.15, 0.2) is 0 Å². The molecule has 0 bridgehead atoms. The van der Waals surface area contributed by atoms with Crippen LogP contribution in [0.15, 0.2) is 0 Å². The molecule has 16 heavy (non-hydrogen) atoms. The Morgan fingerprint density at radius 1 is 1.50 bits per heavy atom. The molecule has 1 aliphatic rings. The van der Waals surface area contributed by atoms with Gasteiger partial charge < -0.3 is 15.4 Å². The van der Waals surface area contributed by atoms with Crippen LogP contribution >= 0.6 is 0 Å². The molecule has 0 spiro atoms. The van der Waals surface area contributed by atoms with E-state index in [9.17, 15) is 0 Å². The van der Waals surface area contributed by atoms with E-state index in [1.807, 2.05) is 0 Å². The Morgan fingerprint density at radius 2 is 2.31 bits per heavy atom. The molecule has 0 saturated carbocycles. The first-order valence-corrected chi connectivity index (χ1v) is 6.27. The second-order valence-corrected chi connectivity index (χ2v) is 4.83. The number of nitrogens with two attached hydrogens (primary N) is 1. The van der Waals surface area contributed by atoms with Gasteiger partial charge in [0.1, 0.15) is 0 Å². The molecule has 4 nitrogen and oxygen atoms in total. The molecule has 1 saturated heterocycles. The van der Waals surface area contributed by atoms with E-state index in [-0.39, 0.29) is 0 Å². The van der Waals surface area contributed by atoms with E-state index in [4.69, 9.17) is 15.9 Å². The van der Waals surface area contributed by atoms with Crippen LogP contribution in [0.4, 0.5) is 0 Å². The number of ether oxygens (including phenoxy) is 1. The van der Waals surface area contributed by atoms with Crippen molar-refractivity contribution in [1.82, 2.24) is 4.90 Å². The van der Waals surface area contributed by atoms with Gasteiger partial charge in [0.25, 0.3) is 0 Å². The van der Waals surface area contributed by atoms with Crippen LogP contribution in [-0.2, 0) is 4.74 Å². The van der Waals surface area contributed by atoms with E-state index >= 15 is 0 Å². The van der Waals surface area contributed by atoms with Crippen molar-refractivity contribution in [3.63, 3.8) is 0 Å². The highest BCUT2D eigenvalue weighted by molar-refractivity contribution is 5.76. The van der Waals surface area contributed by atoms with E-state index in [2.05, 4.69) is 11.9 Å². The van der Waals surface area contributed by atoms with Crippen molar-refractivity contribution < 1.29 is 4.74 Å². The second kappa shape index (κ2) is 7.63. The molecule has 1 atom stereocenters. The Bertz CT molecular complexity index is 202. The Balaban J connectivity index is 2.01. The monoisotopic (exact) mass is 227 g/mol. The van der Waals surface area contributed by atoms with Gasteiger partial charge in [-0.2, -0.15) is 0 Å². The summed E-state index contributed by atoms with van der Waals surface area (Å²) < 4.78 is 5.47. The fourth-order valence-electron chi connectivity index (χ4n) is 2.18. The number of unbranched alkanes of at least 4 members (excludes halogenated alkanes) is 1. The summed E-state index contributed by atoms with van der Waals surface area (Å²) in [6, 6.07) is 0. The SMILES string of the molecule is CN(CCCCC(=N)N)CC1CCCOC1. The summed E-state index contributed by atoms with van der Waals surface area (Å²) in [5.41, 5.74) is 5.31. The van der Waals surface area contributed by atoms with Gasteiger partial charge in [-0.05, 0) is 45.2 Å². The van der Waals surface area contributed by atoms with Crippen molar-refractivity contribution in [3.8, 4) is 0 Å². The molecule has 0 aliphatic carbocycles. The number of rotatable bonds is 7. The van der Waals surface area contributed by atoms with Gasteiger partial charge in [-0.1, -0.05) is 0 Å². The minimum Gasteiger partial charge on any atom is -0.388 e. The molecule has 0 aromatic rings. The molecular formula is C12H25N3O. The Kier molecular flexibility index (Phi) is 6.42. The molecule has 0 aromatic heterocycles. The summed E-state index contributed by atoms with van der Waals surface area (Å²) in [4.78, 5) is 2.37. The number of hydrogen-bond acceptors (Lipinski definition) is 3. The topological polar surface area (TPSA) is 62.3 Å². The second-order valence-electron chi connectivity index (χ2n) is 4.83. The summed E-state index contributed by atoms with van der Waals surface area (Å²) in [5.74, 6) is 1.02. The third-order valence-electron chi connectivity index (χ3n) is 3.06. The Hall–Kier alpha value is -0.610. The van der Waals surface area contributed by atoms with Crippen molar-refractivity contribution >= 4 is 5.84 Å². The molecule has 0 amide bonds. The van der Waals surface area contributed by atoms with Crippen molar-refractivity contribution in [1.29, 1.82) is 5.41 Å². The first kappa shape index (κ1) is 13.5. The normalized spacial score (nSPS) is 21.2. The fourth-order valence-corrected chi connectivity index (χ4v) is 2.18. The Morgan fingerprint density at radius 3 is 2.94 bits per heavy atom. The first-order chi connectivity index (χ1) is 7.68. The maximum atomic E-state index is 7.13. The summed E-state index contributed by atoms with van der Waals surface area (Å²) in [6.07, 6.45) is 5.41. The van der Waals surface area contributed by atoms with Crippen LogP contribution in [-0.4, -0.2) is 44.1 Å². The molecule has 1 aliphatic heterocycles. The molecule has 0 aromatic carbocycles. The zero-order valence-corrected chi connectivity index (χ0v) is 10.4. The van der Waals surface area contributed by atoms with Gasteiger partial charge in [0, 0.05) is 19.6 Å². The minimum atomic E-state index is 0.309. The van der Waals surface area contributed by atoms with Crippen LogP contribution in [0, 0.1) is 11.3 Å². The zero-order valence-electron chi connectivity index (χ0n) is 10.4. The van der Waals surface area contributed by atoms with Gasteiger partial charge in [0.05, 0.1) is 12.4 Å². The van der Waals surface area contributed by atoms with Crippen molar-refractivity contribution in [2.75, 3.05) is 33.4 Å². The predicted octanol–water partition coefficient (Wildman–Crippen LogP) is 1.45. The summed E-state index contributed by atoms with van der Waals surface area (Å²) >= 11 is 0. The molecule has 1 unspecified atom stereocenters. The largest absolute Gasteiger partial charge is 0.388 e. The van der Waals surface area contributed by atoms with Crippen LogP contribution in [0.5, 0.6) is 0 Å². The van der Waals surface area contributed by atoms with Crippen molar-refractivity contribution in [2.24, 2.45) is 11.7 Å². The Labute approximate surface area is 98.6 Å². The fraction of sp³-hybridized carbons (Fsp3) is 0.917. The van der Waals surface area contributed by atoms with E-state index in [1.165, 1.54) is 12.8 Å². The van der Waals surface area contributed by atoms with E-state index in [0.717, 1.165) is 45.6 Å². The van der Waals surface area contributed by atoms with Crippen molar-refractivity contribution in [3.05, 3.63) is 0 Å². The highest BCUT2D eigenvalue weighted by Gasteiger charge is 2.15. The number of nitrogens with zero attached hydrogens (tertiary/aromatic N) is 1. The van der Waals surface area contributed by atoms with Crippen LogP contribution in [0.3, 0.4) is 0 Å². The maximum absolute atomic E-state index is 7.13. The van der Waals surface area contributed by atoms with Crippen LogP contribution in [0.2, 0.25) is 0 Å². The molecule has 1 rings (SSSR count). The average molecular weight is 227 g/mol. The minimum absolute atomic E-state index is 0.309. The lowest BCUT2D eigenvalue weighted by atomic mass is 10.0. The maximum Gasteiger partial charge on any atom is 0.0905 e. The standard InChI is InChI=1S/C12H25N3O/c1-15(7-3-2-6-12(13)14)9-11-5-4-8-16-10-11/h11H,2-10H2,1H3,(H3,13,14). The quantitative estimate of drug-likeness (QED) is 0.393. The van der Waals surface area contributed by atoms with Gasteiger partial charge in [-0.15, -0.1) is 0 Å². The number of nitrogens with one attached hydrogen (secondary N) is 1. The molecule has 1 heterocycles. The van der Waals surface area contributed by atoms with E-state index in [1.54, 1.807) is 0 Å². The van der Waals surface area contributed by atoms with E-state index in [0.29, 0.717) is 11.8 Å². The predicted molar refractivity (Wildman–Crippen MR) is 66.8 cm³/mol. The third-order valence-corrected chi connectivity index (χ3v) is 3.06. The molecule has 1 fully saturated rings. The molecule has 94 valence electrons. The van der Waals surface area contributed by atoms with Crippen LogP contribution < -0.4 is 5.73 Å². The summed E-state index contributed by atoms with van der Waals surface area (Å²) in [5, 5.41) is 7.13. The lowest BCUT2D eigenvalue weighted by Crippen LogP contribution is -2.31. The third kappa shape index (κ3) is 6.08. The molecule has 4 heteroatoms. The smallest absolute Gasteiger partial charge is 0.0905 e. The highest BCUT2D eigenvalue weighted by Crippen LogP contribution is 2.14. The summed E-state index contributed by atoms with van der Waals surface area (Å²) in [7, 11) is 2.17. The zero-order chi connectivity index (χ0) is 11.8. The number of amidine groups is 1. The lowest BCUT2D eigenvalue weighted by molar-refractivity contribution is 0.0419. The molecule has 3 N–H and O–H groups in total. The molecular weight excluding hydrogens is 202 g/mol. The summed E-state index contributed by atoms with van der Waals surface area (Å²) in [6.45, 7) is 4.11. The lowest BCUT2D eigenvalue weighted by Gasteiger charge is -2.27. The van der Waals surface area contributed by atoms with Gasteiger partial charge in [0.2, 0.25) is 0 Å². The van der Waals surface area contributed by atoms with Gasteiger partial charge in [-0.3, -0.25) is 5.41 Å². The van der Waals surface area contributed by atoms with E-state index < -0.39 is 0 Å². The van der Waals surface area contributed by atoms with Gasteiger partial charge in [-0.25, -0.2) is 0 Å². The highest BCUT2D eigenvalue weighted by atomic mass is 16.5. The van der Waals surface area contributed by atoms with Gasteiger partial charge >= 0.3 is 0 Å².